The van der Waals surface area contributed by atoms with Gasteiger partial charge in [-0.2, -0.15) is 0 Å². The maximum Gasteiger partial charge on any atom is 0.331 e. The maximum absolute atomic E-state index is 12.0. The van der Waals surface area contributed by atoms with Crippen LogP contribution in [0, 0.1) is 5.92 Å². The van der Waals surface area contributed by atoms with Gasteiger partial charge in [-0.05, 0) is 25.2 Å². The molecule has 0 aromatic heterocycles. The van der Waals surface area contributed by atoms with E-state index in [2.05, 4.69) is 0 Å². The van der Waals surface area contributed by atoms with Crippen molar-refractivity contribution in [3.63, 3.8) is 0 Å². The van der Waals surface area contributed by atoms with E-state index in [-0.39, 0.29) is 23.8 Å². The van der Waals surface area contributed by atoms with E-state index < -0.39 is 13.3 Å². The van der Waals surface area contributed by atoms with Crippen LogP contribution in [0.15, 0.2) is 11.6 Å². The molecule has 0 aliphatic heterocycles. The van der Waals surface area contributed by atoms with Gasteiger partial charge in [-0.15, -0.1) is 0 Å². The van der Waals surface area contributed by atoms with Crippen LogP contribution in [0.5, 0.6) is 0 Å². The molecule has 1 unspecified atom stereocenters. The van der Waals surface area contributed by atoms with Gasteiger partial charge in [0.1, 0.15) is 0 Å². The molecule has 1 saturated carbocycles. The lowest BCUT2D eigenvalue weighted by Crippen LogP contribution is -2.11. The summed E-state index contributed by atoms with van der Waals surface area (Å²) < 4.78 is 12.0. The number of unbranched alkanes of at least 4 members (excludes halogenated alkanes) is 1. The van der Waals surface area contributed by atoms with E-state index in [1.165, 1.54) is 6.42 Å². The fourth-order valence-corrected chi connectivity index (χ4v) is 4.27. The summed E-state index contributed by atoms with van der Waals surface area (Å²) in [4.78, 5) is 21.1. The molecule has 1 atom stereocenters. The molecule has 1 aliphatic carbocycles. The molecular formula is C14H25O4P. The van der Waals surface area contributed by atoms with Crippen molar-refractivity contribution in [1.29, 1.82) is 0 Å². The first-order valence-electron chi connectivity index (χ1n) is 7.19. The lowest BCUT2D eigenvalue weighted by Gasteiger charge is -2.19. The summed E-state index contributed by atoms with van der Waals surface area (Å²) in [6.45, 7) is 1.95. The van der Waals surface area contributed by atoms with E-state index in [1.54, 1.807) is 6.08 Å². The van der Waals surface area contributed by atoms with Crippen molar-refractivity contribution in [3.05, 3.63) is 11.6 Å². The smallest absolute Gasteiger partial charge is 0.331 e. The molecule has 0 amide bonds. The van der Waals surface area contributed by atoms with Gasteiger partial charge in [-0.1, -0.05) is 38.7 Å². The topological polar surface area (TPSA) is 74.6 Å². The summed E-state index contributed by atoms with van der Waals surface area (Å²) in [5, 5.41) is 9.19. The third-order valence-corrected chi connectivity index (χ3v) is 5.49. The Labute approximate surface area is 115 Å². The minimum atomic E-state index is -3.34. The Morgan fingerprint density at radius 2 is 1.95 bits per heavy atom. The summed E-state index contributed by atoms with van der Waals surface area (Å²) in [5.74, 6) is -0.776. The predicted molar refractivity (Wildman–Crippen MR) is 76.8 cm³/mol. The standard InChI is InChI=1S/C14H25O4P/c1-2-3-9-19(17,18)11-13(14(15)16)10-12-7-5-4-6-8-12/h10,12H,2-9,11H2,1H3,(H,15,16)(H,17,18)/b13-10+. The SMILES string of the molecule is CCCCP(=O)(O)C/C(=C\C1CCCCC1)C(=O)O. The van der Waals surface area contributed by atoms with Crippen LogP contribution >= 0.6 is 7.37 Å². The van der Waals surface area contributed by atoms with Gasteiger partial charge >= 0.3 is 5.97 Å². The zero-order valence-corrected chi connectivity index (χ0v) is 12.6. The van der Waals surface area contributed by atoms with Gasteiger partial charge in [0.25, 0.3) is 0 Å². The summed E-state index contributed by atoms with van der Waals surface area (Å²) in [6.07, 6.45) is 8.75. The molecule has 2 N–H and O–H groups in total. The Hall–Kier alpha value is -0.600. The maximum atomic E-state index is 12.0. The number of rotatable bonds is 7. The van der Waals surface area contributed by atoms with Gasteiger partial charge < -0.3 is 10.00 Å². The van der Waals surface area contributed by atoms with E-state index in [0.717, 1.165) is 32.1 Å². The van der Waals surface area contributed by atoms with Crippen LogP contribution in [0.4, 0.5) is 0 Å². The third kappa shape index (κ3) is 6.40. The second-order valence-electron chi connectivity index (χ2n) is 5.48. The number of hydrogen-bond donors (Lipinski definition) is 2. The number of carbonyl (C=O) groups is 1. The van der Waals surface area contributed by atoms with Crippen LogP contribution < -0.4 is 0 Å². The molecule has 1 aliphatic rings. The summed E-state index contributed by atoms with van der Waals surface area (Å²) in [7, 11) is -3.34. The van der Waals surface area contributed by atoms with Crippen molar-refractivity contribution >= 4 is 13.3 Å². The van der Waals surface area contributed by atoms with E-state index in [4.69, 9.17) is 0 Å². The molecule has 110 valence electrons. The number of aliphatic carboxylic acids is 1. The normalized spacial score (nSPS) is 21.1. The van der Waals surface area contributed by atoms with Crippen molar-refractivity contribution in [2.24, 2.45) is 5.92 Å². The Morgan fingerprint density at radius 1 is 1.32 bits per heavy atom. The van der Waals surface area contributed by atoms with Crippen LogP contribution in [0.1, 0.15) is 51.9 Å². The highest BCUT2D eigenvalue weighted by molar-refractivity contribution is 7.58. The first-order chi connectivity index (χ1) is 8.94. The predicted octanol–water partition coefficient (Wildman–Crippen LogP) is 3.65. The van der Waals surface area contributed by atoms with E-state index in [1.807, 2.05) is 6.92 Å². The molecule has 0 radical (unpaired) electrons. The minimum Gasteiger partial charge on any atom is -0.478 e. The van der Waals surface area contributed by atoms with Gasteiger partial charge in [0.2, 0.25) is 7.37 Å². The second-order valence-corrected chi connectivity index (χ2v) is 7.93. The summed E-state index contributed by atoms with van der Waals surface area (Å²) in [6, 6.07) is 0. The molecule has 1 fully saturated rings. The molecule has 0 bridgehead atoms. The van der Waals surface area contributed by atoms with E-state index in [9.17, 15) is 19.4 Å². The first-order valence-corrected chi connectivity index (χ1v) is 9.22. The highest BCUT2D eigenvalue weighted by Gasteiger charge is 2.24. The fraction of sp³-hybridized carbons (Fsp3) is 0.786. The third-order valence-electron chi connectivity index (χ3n) is 3.64. The van der Waals surface area contributed by atoms with Crippen molar-refractivity contribution in [1.82, 2.24) is 0 Å². The van der Waals surface area contributed by atoms with Gasteiger partial charge in [0.05, 0.1) is 6.16 Å². The minimum absolute atomic E-state index is 0.133. The number of carboxylic acids is 1. The zero-order valence-electron chi connectivity index (χ0n) is 11.7. The van der Waals surface area contributed by atoms with Crippen molar-refractivity contribution in [2.45, 2.75) is 51.9 Å². The molecule has 0 spiro atoms. The van der Waals surface area contributed by atoms with Crippen molar-refractivity contribution in [3.8, 4) is 0 Å². The van der Waals surface area contributed by atoms with E-state index >= 15 is 0 Å². The average Bonchev–Trinajstić information content (AvgIpc) is 2.36. The van der Waals surface area contributed by atoms with Gasteiger partial charge in [-0.25, -0.2) is 4.79 Å². The molecule has 0 aromatic carbocycles. The van der Waals surface area contributed by atoms with Crippen LogP contribution in [-0.4, -0.2) is 28.3 Å². The lowest BCUT2D eigenvalue weighted by atomic mass is 9.88. The number of allylic oxidation sites excluding steroid dienone is 1. The number of carboxylic acid groups (broad SMARTS) is 1. The highest BCUT2D eigenvalue weighted by Crippen LogP contribution is 2.43. The second kappa shape index (κ2) is 7.86. The summed E-state index contributed by atoms with van der Waals surface area (Å²) >= 11 is 0. The molecule has 1 rings (SSSR count). The van der Waals surface area contributed by atoms with Crippen LogP contribution in [0.25, 0.3) is 0 Å². The highest BCUT2D eigenvalue weighted by atomic mass is 31.2. The molecule has 5 heteroatoms. The molecule has 19 heavy (non-hydrogen) atoms. The lowest BCUT2D eigenvalue weighted by molar-refractivity contribution is -0.132. The van der Waals surface area contributed by atoms with E-state index in [0.29, 0.717) is 6.42 Å². The van der Waals surface area contributed by atoms with Crippen LogP contribution in [-0.2, 0) is 9.36 Å². The van der Waals surface area contributed by atoms with Gasteiger partial charge in [-0.3, -0.25) is 4.57 Å². The van der Waals surface area contributed by atoms with Crippen LogP contribution in [0.2, 0.25) is 0 Å². The molecule has 0 saturated heterocycles. The molecule has 0 heterocycles. The fourth-order valence-electron chi connectivity index (χ4n) is 2.53. The Kier molecular flexibility index (Phi) is 6.81. The monoisotopic (exact) mass is 288 g/mol. The van der Waals surface area contributed by atoms with Gasteiger partial charge in [0, 0.05) is 11.7 Å². The first kappa shape index (κ1) is 16.5. The van der Waals surface area contributed by atoms with Gasteiger partial charge in [0.15, 0.2) is 0 Å². The number of hydrogen-bond acceptors (Lipinski definition) is 2. The largest absolute Gasteiger partial charge is 0.478 e. The zero-order chi connectivity index (χ0) is 14.3. The Bertz CT molecular complexity index is 370. The average molecular weight is 288 g/mol. The van der Waals surface area contributed by atoms with Crippen molar-refractivity contribution < 1.29 is 19.4 Å². The summed E-state index contributed by atoms with van der Waals surface area (Å²) in [5.41, 5.74) is 0.133. The van der Waals surface area contributed by atoms with Crippen molar-refractivity contribution in [2.75, 3.05) is 12.3 Å². The Balaban J connectivity index is 2.68. The quantitative estimate of drug-likeness (QED) is 0.554. The molecule has 4 nitrogen and oxygen atoms in total. The Morgan fingerprint density at radius 3 is 2.47 bits per heavy atom. The molecule has 0 aromatic rings. The molecular weight excluding hydrogens is 263 g/mol. The van der Waals surface area contributed by atoms with Crippen LogP contribution in [0.3, 0.4) is 0 Å².